The van der Waals surface area contributed by atoms with E-state index >= 15 is 0 Å². The van der Waals surface area contributed by atoms with Gasteiger partial charge in [-0.3, -0.25) is 0 Å². The Morgan fingerprint density at radius 2 is 2.31 bits per heavy atom. The van der Waals surface area contributed by atoms with Crippen LogP contribution in [0.5, 0.6) is 0 Å². The lowest BCUT2D eigenvalue weighted by Gasteiger charge is -2.37. The molecule has 1 N–H and O–H groups in total. The molecule has 2 heterocycles. The maximum Gasteiger partial charge on any atom is 0.128 e. The van der Waals surface area contributed by atoms with Crippen molar-refractivity contribution in [1.29, 1.82) is 0 Å². The Labute approximate surface area is 95.9 Å². The topological polar surface area (TPSA) is 45.6 Å². The minimum absolute atomic E-state index is 0.0440. The third kappa shape index (κ3) is 2.33. The Morgan fingerprint density at radius 3 is 2.94 bits per heavy atom. The van der Waals surface area contributed by atoms with Crippen LogP contribution in [0.15, 0.2) is 18.3 Å². The molecule has 1 aromatic rings. The minimum atomic E-state index is 0.0440. The largest absolute Gasteiger partial charge is 0.392 e. The number of aromatic nitrogens is 1. The van der Waals surface area contributed by atoms with Gasteiger partial charge in [-0.2, -0.15) is 0 Å². The van der Waals surface area contributed by atoms with Gasteiger partial charge in [0.2, 0.25) is 0 Å². The first kappa shape index (κ1) is 11.4. The molecule has 88 valence electrons. The predicted molar refractivity (Wildman–Crippen MR) is 62.4 cm³/mol. The summed E-state index contributed by atoms with van der Waals surface area (Å²) in [6.45, 7) is 5.86. The summed E-state index contributed by atoms with van der Waals surface area (Å²) in [5, 5.41) is 8.96. The van der Waals surface area contributed by atoms with Gasteiger partial charge in [0, 0.05) is 12.7 Å². The molecule has 4 nitrogen and oxygen atoms in total. The fourth-order valence-corrected chi connectivity index (χ4v) is 1.90. The van der Waals surface area contributed by atoms with Crippen molar-refractivity contribution in [2.45, 2.75) is 32.6 Å². The minimum Gasteiger partial charge on any atom is -0.392 e. The predicted octanol–water partition coefficient (Wildman–Crippen LogP) is 1.19. The number of nitrogens with zero attached hydrogens (tertiary/aromatic N) is 2. The second-order valence-corrected chi connectivity index (χ2v) is 4.33. The number of ether oxygens (including phenoxy) is 1. The van der Waals surface area contributed by atoms with E-state index in [-0.39, 0.29) is 12.7 Å². The third-order valence-corrected chi connectivity index (χ3v) is 2.89. The first-order valence-electron chi connectivity index (χ1n) is 5.64. The SMILES string of the molecule is CC1CN(c2ccc(CO)cn2)C(C)CO1. The van der Waals surface area contributed by atoms with E-state index in [0.717, 1.165) is 24.5 Å². The van der Waals surface area contributed by atoms with E-state index in [1.165, 1.54) is 0 Å². The maximum absolute atomic E-state index is 8.96. The van der Waals surface area contributed by atoms with E-state index in [1.807, 2.05) is 12.1 Å². The van der Waals surface area contributed by atoms with Crippen LogP contribution in [0.1, 0.15) is 19.4 Å². The summed E-state index contributed by atoms with van der Waals surface area (Å²) in [6, 6.07) is 4.22. The van der Waals surface area contributed by atoms with Gasteiger partial charge >= 0.3 is 0 Å². The van der Waals surface area contributed by atoms with Gasteiger partial charge in [0.15, 0.2) is 0 Å². The van der Waals surface area contributed by atoms with Crippen LogP contribution in [0.25, 0.3) is 0 Å². The summed E-state index contributed by atoms with van der Waals surface area (Å²) >= 11 is 0. The highest BCUT2D eigenvalue weighted by molar-refractivity contribution is 5.41. The molecular formula is C12H18N2O2. The standard InChI is InChI=1S/C12H18N2O2/c1-9-8-16-10(2)6-14(9)12-4-3-11(7-15)5-13-12/h3-5,9-10,15H,6-8H2,1-2H3. The number of hydrogen-bond acceptors (Lipinski definition) is 4. The Morgan fingerprint density at radius 1 is 1.50 bits per heavy atom. The Balaban J connectivity index is 2.15. The number of aliphatic hydroxyl groups is 1. The zero-order valence-corrected chi connectivity index (χ0v) is 9.76. The Hall–Kier alpha value is -1.13. The van der Waals surface area contributed by atoms with E-state index in [9.17, 15) is 0 Å². The molecule has 1 fully saturated rings. The van der Waals surface area contributed by atoms with Gasteiger partial charge in [-0.25, -0.2) is 4.98 Å². The number of pyridine rings is 1. The summed E-state index contributed by atoms with van der Waals surface area (Å²) in [5.74, 6) is 0.958. The van der Waals surface area contributed by atoms with E-state index in [1.54, 1.807) is 6.20 Å². The van der Waals surface area contributed by atoms with Gasteiger partial charge in [0.05, 0.1) is 25.4 Å². The number of hydrogen-bond donors (Lipinski definition) is 1. The molecule has 0 spiro atoms. The smallest absolute Gasteiger partial charge is 0.128 e. The highest BCUT2D eigenvalue weighted by Gasteiger charge is 2.24. The molecule has 2 rings (SSSR count). The normalized spacial score (nSPS) is 25.8. The van der Waals surface area contributed by atoms with Crippen LogP contribution in [0, 0.1) is 0 Å². The van der Waals surface area contributed by atoms with Crippen LogP contribution in [-0.4, -0.2) is 35.4 Å². The van der Waals surface area contributed by atoms with E-state index in [0.29, 0.717) is 6.04 Å². The number of aliphatic hydroxyl groups excluding tert-OH is 1. The zero-order valence-electron chi connectivity index (χ0n) is 9.76. The summed E-state index contributed by atoms with van der Waals surface area (Å²) in [6.07, 6.45) is 1.97. The first-order chi connectivity index (χ1) is 7.70. The number of rotatable bonds is 2. The monoisotopic (exact) mass is 222 g/mol. The molecule has 2 unspecified atom stereocenters. The zero-order chi connectivity index (χ0) is 11.5. The summed E-state index contributed by atoms with van der Waals surface area (Å²) < 4.78 is 5.58. The molecule has 16 heavy (non-hydrogen) atoms. The van der Waals surface area contributed by atoms with Crippen molar-refractivity contribution in [2.24, 2.45) is 0 Å². The molecule has 0 aromatic carbocycles. The Bertz CT molecular complexity index is 339. The van der Waals surface area contributed by atoms with Crippen molar-refractivity contribution < 1.29 is 9.84 Å². The van der Waals surface area contributed by atoms with Crippen molar-refractivity contribution >= 4 is 5.82 Å². The van der Waals surface area contributed by atoms with Gasteiger partial charge in [0.25, 0.3) is 0 Å². The van der Waals surface area contributed by atoms with Crippen molar-refractivity contribution in [3.05, 3.63) is 23.9 Å². The van der Waals surface area contributed by atoms with E-state index in [4.69, 9.17) is 9.84 Å². The third-order valence-electron chi connectivity index (χ3n) is 2.89. The van der Waals surface area contributed by atoms with Crippen molar-refractivity contribution in [2.75, 3.05) is 18.1 Å². The molecule has 1 aliphatic rings. The molecule has 1 aliphatic heterocycles. The van der Waals surface area contributed by atoms with Crippen molar-refractivity contribution in [1.82, 2.24) is 4.98 Å². The quantitative estimate of drug-likeness (QED) is 0.816. The van der Waals surface area contributed by atoms with Crippen LogP contribution in [0.2, 0.25) is 0 Å². The molecule has 0 bridgehead atoms. The molecule has 1 saturated heterocycles. The second kappa shape index (κ2) is 4.80. The van der Waals surface area contributed by atoms with Gasteiger partial charge in [-0.15, -0.1) is 0 Å². The summed E-state index contributed by atoms with van der Waals surface area (Å²) in [4.78, 5) is 6.61. The average molecular weight is 222 g/mol. The molecular weight excluding hydrogens is 204 g/mol. The lowest BCUT2D eigenvalue weighted by molar-refractivity contribution is 0.0340. The van der Waals surface area contributed by atoms with Gasteiger partial charge in [-0.05, 0) is 25.5 Å². The molecule has 0 amide bonds. The molecule has 0 aliphatic carbocycles. The second-order valence-electron chi connectivity index (χ2n) is 4.33. The van der Waals surface area contributed by atoms with Crippen molar-refractivity contribution in [3.63, 3.8) is 0 Å². The van der Waals surface area contributed by atoms with Crippen LogP contribution >= 0.6 is 0 Å². The molecule has 2 atom stereocenters. The van der Waals surface area contributed by atoms with Gasteiger partial charge < -0.3 is 14.7 Å². The van der Waals surface area contributed by atoms with Crippen LogP contribution in [0.3, 0.4) is 0 Å². The lowest BCUT2D eigenvalue weighted by atomic mass is 10.2. The maximum atomic E-state index is 8.96. The highest BCUT2D eigenvalue weighted by Crippen LogP contribution is 2.19. The van der Waals surface area contributed by atoms with E-state index in [2.05, 4.69) is 23.7 Å². The van der Waals surface area contributed by atoms with Gasteiger partial charge in [0.1, 0.15) is 5.82 Å². The fourth-order valence-electron chi connectivity index (χ4n) is 1.90. The molecule has 0 radical (unpaired) electrons. The first-order valence-corrected chi connectivity index (χ1v) is 5.64. The summed E-state index contributed by atoms with van der Waals surface area (Å²) in [7, 11) is 0. The van der Waals surface area contributed by atoms with E-state index < -0.39 is 0 Å². The highest BCUT2D eigenvalue weighted by atomic mass is 16.5. The molecule has 0 saturated carbocycles. The van der Waals surface area contributed by atoms with Gasteiger partial charge in [-0.1, -0.05) is 6.07 Å². The lowest BCUT2D eigenvalue weighted by Crippen LogP contribution is -2.47. The van der Waals surface area contributed by atoms with Crippen LogP contribution in [-0.2, 0) is 11.3 Å². The average Bonchev–Trinajstić information content (AvgIpc) is 2.32. The molecule has 4 heteroatoms. The number of anilines is 1. The fraction of sp³-hybridized carbons (Fsp3) is 0.583. The Kier molecular flexibility index (Phi) is 3.41. The number of morpholine rings is 1. The summed E-state index contributed by atoms with van der Waals surface area (Å²) in [5.41, 5.74) is 0.845. The van der Waals surface area contributed by atoms with Crippen LogP contribution < -0.4 is 4.90 Å². The van der Waals surface area contributed by atoms with Crippen LogP contribution in [0.4, 0.5) is 5.82 Å². The molecule has 1 aromatic heterocycles. The van der Waals surface area contributed by atoms with Crippen molar-refractivity contribution in [3.8, 4) is 0 Å².